The van der Waals surface area contributed by atoms with Crippen LogP contribution in [0.15, 0.2) is 0 Å². The van der Waals surface area contributed by atoms with E-state index in [1.165, 1.54) is 0 Å². The molecule has 1 aliphatic rings. The number of nitrogens with zero attached hydrogens (tertiary/aromatic N) is 1. The molecule has 0 aromatic heterocycles. The second-order valence-corrected chi connectivity index (χ2v) is 6.02. The molecule has 0 saturated carbocycles. The largest absolute Gasteiger partial charge is 0.464 e. The molecule has 0 radical (unpaired) electrons. The van der Waals surface area contributed by atoms with Gasteiger partial charge in [0.25, 0.3) is 0 Å². The molecule has 0 aromatic rings. The van der Waals surface area contributed by atoms with Gasteiger partial charge >= 0.3 is 5.97 Å². The van der Waals surface area contributed by atoms with Gasteiger partial charge in [0.2, 0.25) is 5.91 Å². The van der Waals surface area contributed by atoms with Crippen molar-refractivity contribution in [2.75, 3.05) is 12.4 Å². The first-order valence-electron chi connectivity index (χ1n) is 7.25. The van der Waals surface area contributed by atoms with Crippen LogP contribution >= 0.6 is 11.8 Å². The first-order valence-corrected chi connectivity index (χ1v) is 8.29. The van der Waals surface area contributed by atoms with Crippen LogP contribution in [0.5, 0.6) is 0 Å². The minimum absolute atomic E-state index is 0.0874. The second-order valence-electron chi connectivity index (χ2n) is 4.81. The van der Waals surface area contributed by atoms with Crippen molar-refractivity contribution in [2.24, 2.45) is 0 Å². The van der Waals surface area contributed by atoms with Crippen LogP contribution in [0.1, 0.15) is 52.9 Å². The van der Waals surface area contributed by atoms with Gasteiger partial charge in [-0.3, -0.25) is 4.79 Å². The molecule has 0 bridgehead atoms. The molecule has 2 unspecified atom stereocenters. The minimum atomic E-state index is -0.382. The highest BCUT2D eigenvalue weighted by atomic mass is 32.2. The average Bonchev–Trinajstić information content (AvgIpc) is 2.80. The van der Waals surface area contributed by atoms with Gasteiger partial charge in [-0.25, -0.2) is 4.79 Å². The van der Waals surface area contributed by atoms with E-state index in [0.717, 1.165) is 25.7 Å². The van der Waals surface area contributed by atoms with Gasteiger partial charge in [-0.1, -0.05) is 27.2 Å². The summed E-state index contributed by atoms with van der Waals surface area (Å²) in [6, 6.07) is -0.382. The number of rotatable bonds is 7. The zero-order valence-electron chi connectivity index (χ0n) is 12.2. The summed E-state index contributed by atoms with van der Waals surface area (Å²) in [4.78, 5) is 26.0. The summed E-state index contributed by atoms with van der Waals surface area (Å²) in [5, 5.41) is 0.142. The van der Waals surface area contributed by atoms with Crippen molar-refractivity contribution in [3.8, 4) is 0 Å². The van der Waals surface area contributed by atoms with E-state index in [1.807, 2.05) is 13.8 Å². The summed E-state index contributed by atoms with van der Waals surface area (Å²) in [6.45, 7) is 6.50. The molecule has 1 heterocycles. The predicted octanol–water partition coefficient (Wildman–Crippen LogP) is 2.81. The number of ether oxygens (including phenoxy) is 1. The Kier molecular flexibility index (Phi) is 7.28. The molecule has 0 aliphatic carbocycles. The lowest BCUT2D eigenvalue weighted by Crippen LogP contribution is -2.46. The fourth-order valence-electron chi connectivity index (χ4n) is 2.19. The Labute approximate surface area is 120 Å². The molecule has 19 heavy (non-hydrogen) atoms. The highest BCUT2D eigenvalue weighted by molar-refractivity contribution is 8.00. The zero-order valence-corrected chi connectivity index (χ0v) is 13.0. The highest BCUT2D eigenvalue weighted by Gasteiger charge is 2.41. The Morgan fingerprint density at radius 2 is 1.95 bits per heavy atom. The van der Waals surface area contributed by atoms with E-state index < -0.39 is 0 Å². The monoisotopic (exact) mass is 287 g/mol. The molecule has 4 nitrogen and oxygen atoms in total. The van der Waals surface area contributed by atoms with E-state index >= 15 is 0 Å². The fraction of sp³-hybridized carbons (Fsp3) is 0.857. The standard InChI is InChI=1S/C14H25NO3S/c1-4-7-12(16)15-11(14(17)18-9-6-3)10-19-13(15)8-5-2/h11,13H,4-10H2,1-3H3. The quantitative estimate of drug-likeness (QED) is 0.676. The molecule has 0 spiro atoms. The van der Waals surface area contributed by atoms with Crippen molar-refractivity contribution in [3.05, 3.63) is 0 Å². The maximum absolute atomic E-state index is 12.2. The number of thioether (sulfide) groups is 1. The van der Waals surface area contributed by atoms with Gasteiger partial charge in [0.15, 0.2) is 0 Å². The highest BCUT2D eigenvalue weighted by Crippen LogP contribution is 2.33. The lowest BCUT2D eigenvalue weighted by Gasteiger charge is -2.28. The third-order valence-electron chi connectivity index (χ3n) is 3.10. The number of carbonyl (C=O) groups is 2. The lowest BCUT2D eigenvalue weighted by molar-refractivity contribution is -0.154. The van der Waals surface area contributed by atoms with Crippen LogP contribution in [-0.4, -0.2) is 40.6 Å². The van der Waals surface area contributed by atoms with Gasteiger partial charge in [0, 0.05) is 12.2 Å². The first kappa shape index (κ1) is 16.3. The summed E-state index contributed by atoms with van der Waals surface area (Å²) in [7, 11) is 0. The van der Waals surface area contributed by atoms with E-state index in [-0.39, 0.29) is 23.3 Å². The Balaban J connectivity index is 2.72. The van der Waals surface area contributed by atoms with Crippen LogP contribution in [0.4, 0.5) is 0 Å². The van der Waals surface area contributed by atoms with Crippen LogP contribution in [0, 0.1) is 0 Å². The third-order valence-corrected chi connectivity index (χ3v) is 4.46. The molecule has 1 rings (SSSR count). The van der Waals surface area contributed by atoms with Gasteiger partial charge in [0.05, 0.1) is 12.0 Å². The molecule has 1 saturated heterocycles. The van der Waals surface area contributed by atoms with Gasteiger partial charge in [-0.15, -0.1) is 11.8 Å². The van der Waals surface area contributed by atoms with Crippen molar-refractivity contribution >= 4 is 23.6 Å². The molecule has 2 atom stereocenters. The zero-order chi connectivity index (χ0) is 14.3. The Morgan fingerprint density at radius 3 is 2.53 bits per heavy atom. The molecular weight excluding hydrogens is 262 g/mol. The minimum Gasteiger partial charge on any atom is -0.464 e. The summed E-state index contributed by atoms with van der Waals surface area (Å²) < 4.78 is 5.21. The number of hydrogen-bond donors (Lipinski definition) is 0. The van der Waals surface area contributed by atoms with Crippen LogP contribution in [0.3, 0.4) is 0 Å². The third kappa shape index (κ3) is 4.41. The van der Waals surface area contributed by atoms with E-state index in [2.05, 4.69) is 6.92 Å². The molecule has 0 aromatic carbocycles. The van der Waals surface area contributed by atoms with Crippen LogP contribution in [0.2, 0.25) is 0 Å². The molecule has 1 amide bonds. The van der Waals surface area contributed by atoms with Gasteiger partial charge < -0.3 is 9.64 Å². The Hall–Kier alpha value is -0.710. The number of carbonyl (C=O) groups excluding carboxylic acids is 2. The van der Waals surface area contributed by atoms with Crippen LogP contribution in [-0.2, 0) is 14.3 Å². The summed E-state index contributed by atoms with van der Waals surface area (Å²) in [5.74, 6) is 0.518. The second kappa shape index (κ2) is 8.46. The van der Waals surface area contributed by atoms with Gasteiger partial charge in [0.1, 0.15) is 6.04 Å². The molecule has 5 heteroatoms. The summed E-state index contributed by atoms with van der Waals surface area (Å²) in [6.07, 6.45) is 4.10. The molecule has 1 fully saturated rings. The number of esters is 1. The van der Waals surface area contributed by atoms with Crippen molar-refractivity contribution < 1.29 is 14.3 Å². The molecule has 110 valence electrons. The fourth-order valence-corrected chi connectivity index (χ4v) is 3.72. The maximum Gasteiger partial charge on any atom is 0.329 e. The smallest absolute Gasteiger partial charge is 0.329 e. The first-order chi connectivity index (χ1) is 9.15. The normalized spacial score (nSPS) is 22.6. The number of amides is 1. The lowest BCUT2D eigenvalue weighted by atomic mass is 10.2. The maximum atomic E-state index is 12.2. The Bertz CT molecular complexity index is 309. The molecular formula is C14H25NO3S. The summed E-state index contributed by atoms with van der Waals surface area (Å²) >= 11 is 1.70. The van der Waals surface area contributed by atoms with E-state index in [0.29, 0.717) is 18.8 Å². The summed E-state index contributed by atoms with van der Waals surface area (Å²) in [5.41, 5.74) is 0. The average molecular weight is 287 g/mol. The van der Waals surface area contributed by atoms with E-state index in [9.17, 15) is 9.59 Å². The molecule has 1 aliphatic heterocycles. The predicted molar refractivity (Wildman–Crippen MR) is 77.9 cm³/mol. The van der Waals surface area contributed by atoms with Crippen molar-refractivity contribution in [2.45, 2.75) is 64.3 Å². The van der Waals surface area contributed by atoms with Crippen molar-refractivity contribution in [3.63, 3.8) is 0 Å². The topological polar surface area (TPSA) is 46.6 Å². The van der Waals surface area contributed by atoms with Crippen molar-refractivity contribution in [1.29, 1.82) is 0 Å². The van der Waals surface area contributed by atoms with Gasteiger partial charge in [-0.05, 0) is 19.3 Å². The van der Waals surface area contributed by atoms with E-state index in [4.69, 9.17) is 4.74 Å². The van der Waals surface area contributed by atoms with Crippen molar-refractivity contribution in [1.82, 2.24) is 4.90 Å². The SMILES string of the molecule is CCCOC(=O)C1CSC(CCC)N1C(=O)CCC. The van der Waals surface area contributed by atoms with Crippen LogP contribution in [0.25, 0.3) is 0 Å². The van der Waals surface area contributed by atoms with E-state index in [1.54, 1.807) is 16.7 Å². The number of hydrogen-bond acceptors (Lipinski definition) is 4. The molecule has 0 N–H and O–H groups in total. The Morgan fingerprint density at radius 1 is 1.21 bits per heavy atom. The van der Waals surface area contributed by atoms with Crippen LogP contribution < -0.4 is 0 Å². The van der Waals surface area contributed by atoms with Gasteiger partial charge in [-0.2, -0.15) is 0 Å².